The Balaban J connectivity index is 1.25. The third kappa shape index (κ3) is 6.10. The van der Waals surface area contributed by atoms with E-state index >= 15 is 0 Å². The minimum Gasteiger partial charge on any atom is -0.467 e. The molecule has 0 saturated heterocycles. The molecule has 2 aromatic rings. The van der Waals surface area contributed by atoms with Crippen LogP contribution in [0, 0.1) is 0 Å². The third-order valence-corrected chi connectivity index (χ3v) is 5.62. The van der Waals surface area contributed by atoms with Crippen LogP contribution in [0.25, 0.3) is 0 Å². The summed E-state index contributed by atoms with van der Waals surface area (Å²) >= 11 is 1.79. The average molecular weight is 405 g/mol. The summed E-state index contributed by atoms with van der Waals surface area (Å²) in [4.78, 5) is 20.0. The smallest absolute Gasteiger partial charge is 0.224 e. The Morgan fingerprint density at radius 1 is 1.36 bits per heavy atom. The molecule has 1 aliphatic rings. The predicted octanol–water partition coefficient (Wildman–Crippen LogP) is 2.39. The summed E-state index contributed by atoms with van der Waals surface area (Å²) in [5, 5.41) is 8.55. The molecule has 152 valence electrons. The van der Waals surface area contributed by atoms with Gasteiger partial charge in [-0.1, -0.05) is 0 Å². The number of ether oxygens (including phenoxy) is 1. The number of fused-ring (bicyclic) bond motifs is 1. The summed E-state index contributed by atoms with van der Waals surface area (Å²) in [6, 6.07) is 5.88. The number of hydrogen-bond donors (Lipinski definition) is 2. The summed E-state index contributed by atoms with van der Waals surface area (Å²) in [7, 11) is 1.73. The summed E-state index contributed by atoms with van der Waals surface area (Å²) < 4.78 is 10.8. The first-order chi connectivity index (χ1) is 13.8. The molecule has 0 aliphatic carbocycles. The van der Waals surface area contributed by atoms with Gasteiger partial charge in [-0.3, -0.25) is 9.79 Å². The Morgan fingerprint density at radius 3 is 3.07 bits per heavy atom. The zero-order chi connectivity index (χ0) is 19.6. The van der Waals surface area contributed by atoms with Crippen molar-refractivity contribution in [3.05, 3.63) is 46.0 Å². The van der Waals surface area contributed by atoms with Gasteiger partial charge >= 0.3 is 0 Å². The molecule has 3 rings (SSSR count). The maximum absolute atomic E-state index is 12.4. The number of carbonyl (C=O) groups is 1. The molecule has 0 fully saturated rings. The van der Waals surface area contributed by atoms with E-state index < -0.39 is 0 Å². The van der Waals surface area contributed by atoms with Gasteiger partial charge < -0.3 is 24.7 Å². The molecule has 7 nitrogen and oxygen atoms in total. The molecule has 0 radical (unpaired) electrons. The highest BCUT2D eigenvalue weighted by Crippen LogP contribution is 2.24. The van der Waals surface area contributed by atoms with E-state index in [0.29, 0.717) is 32.1 Å². The lowest BCUT2D eigenvalue weighted by molar-refractivity contribution is -0.131. The van der Waals surface area contributed by atoms with Crippen LogP contribution >= 0.6 is 11.3 Å². The Labute approximate surface area is 169 Å². The molecule has 0 saturated carbocycles. The molecule has 0 aromatic carbocycles. The monoisotopic (exact) mass is 404 g/mol. The first-order valence-electron chi connectivity index (χ1n) is 9.64. The summed E-state index contributed by atoms with van der Waals surface area (Å²) in [5.41, 5.74) is 1.30. The second kappa shape index (κ2) is 10.9. The number of rotatable bonds is 9. The maximum Gasteiger partial charge on any atom is 0.224 e. The van der Waals surface area contributed by atoms with Crippen molar-refractivity contribution >= 4 is 23.2 Å². The topological polar surface area (TPSA) is 79.1 Å². The Hall–Kier alpha value is -2.32. The van der Waals surface area contributed by atoms with Crippen LogP contribution in [0.4, 0.5) is 0 Å². The van der Waals surface area contributed by atoms with Gasteiger partial charge in [-0.2, -0.15) is 0 Å². The molecule has 0 atom stereocenters. The van der Waals surface area contributed by atoms with Crippen molar-refractivity contribution < 1.29 is 13.9 Å². The van der Waals surface area contributed by atoms with Gasteiger partial charge in [-0.05, 0) is 42.0 Å². The third-order valence-electron chi connectivity index (χ3n) is 4.60. The maximum atomic E-state index is 12.4. The number of carbonyl (C=O) groups excluding carboxylic acids is 1. The van der Waals surface area contributed by atoms with Gasteiger partial charge in [0, 0.05) is 51.1 Å². The SMILES string of the molecule is CN=C(NCCCOCc1ccco1)NCCC(=O)N1CCc2sccc2C1. The fourth-order valence-electron chi connectivity index (χ4n) is 3.08. The van der Waals surface area contributed by atoms with Gasteiger partial charge in [0.2, 0.25) is 5.91 Å². The fraction of sp³-hybridized carbons (Fsp3) is 0.500. The van der Waals surface area contributed by atoms with Crippen molar-refractivity contribution in [3.63, 3.8) is 0 Å². The zero-order valence-corrected chi connectivity index (χ0v) is 17.1. The van der Waals surface area contributed by atoms with Gasteiger partial charge in [-0.15, -0.1) is 11.3 Å². The largest absolute Gasteiger partial charge is 0.467 e. The van der Waals surface area contributed by atoms with Crippen LogP contribution in [0.5, 0.6) is 0 Å². The molecule has 8 heteroatoms. The molecule has 3 heterocycles. The first kappa shape index (κ1) is 20.4. The fourth-order valence-corrected chi connectivity index (χ4v) is 3.97. The van der Waals surface area contributed by atoms with Crippen LogP contribution in [0.15, 0.2) is 39.3 Å². The molecule has 0 bridgehead atoms. The van der Waals surface area contributed by atoms with E-state index in [1.807, 2.05) is 17.0 Å². The molecule has 0 unspecified atom stereocenters. The Bertz CT molecular complexity index is 757. The molecular weight excluding hydrogens is 376 g/mol. The van der Waals surface area contributed by atoms with Crippen LogP contribution in [-0.2, 0) is 29.1 Å². The van der Waals surface area contributed by atoms with E-state index in [2.05, 4.69) is 27.1 Å². The van der Waals surface area contributed by atoms with Crippen molar-refractivity contribution in [3.8, 4) is 0 Å². The van der Waals surface area contributed by atoms with Gasteiger partial charge in [-0.25, -0.2) is 0 Å². The van der Waals surface area contributed by atoms with Crippen molar-refractivity contribution in [2.45, 2.75) is 32.4 Å². The van der Waals surface area contributed by atoms with E-state index in [1.54, 1.807) is 24.6 Å². The molecule has 2 N–H and O–H groups in total. The second-order valence-electron chi connectivity index (χ2n) is 6.60. The van der Waals surface area contributed by atoms with Gasteiger partial charge in [0.25, 0.3) is 0 Å². The van der Waals surface area contributed by atoms with E-state index in [9.17, 15) is 4.79 Å². The molecule has 1 amide bonds. The van der Waals surface area contributed by atoms with Crippen LogP contribution in [0.2, 0.25) is 0 Å². The van der Waals surface area contributed by atoms with Crippen molar-refractivity contribution in [1.82, 2.24) is 15.5 Å². The zero-order valence-electron chi connectivity index (χ0n) is 16.3. The lowest BCUT2D eigenvalue weighted by atomic mass is 10.1. The highest BCUT2D eigenvalue weighted by atomic mass is 32.1. The number of thiophene rings is 1. The lowest BCUT2D eigenvalue weighted by Crippen LogP contribution is -2.41. The molecular formula is C20H28N4O3S. The highest BCUT2D eigenvalue weighted by Gasteiger charge is 2.20. The van der Waals surface area contributed by atoms with E-state index in [1.165, 1.54) is 10.4 Å². The predicted molar refractivity (Wildman–Crippen MR) is 110 cm³/mol. The number of furan rings is 1. The first-order valence-corrected chi connectivity index (χ1v) is 10.5. The van der Waals surface area contributed by atoms with Crippen molar-refractivity contribution in [1.29, 1.82) is 0 Å². The summed E-state index contributed by atoms with van der Waals surface area (Å²) in [6.45, 7) is 4.01. The van der Waals surface area contributed by atoms with Crippen LogP contribution in [-0.4, -0.2) is 50.1 Å². The highest BCUT2D eigenvalue weighted by molar-refractivity contribution is 7.10. The summed E-state index contributed by atoms with van der Waals surface area (Å²) in [5.74, 6) is 1.72. The quantitative estimate of drug-likeness (QED) is 0.381. The number of hydrogen-bond acceptors (Lipinski definition) is 5. The van der Waals surface area contributed by atoms with Gasteiger partial charge in [0.05, 0.1) is 6.26 Å². The number of guanidine groups is 1. The Kier molecular flexibility index (Phi) is 7.93. The van der Waals surface area contributed by atoms with Crippen LogP contribution < -0.4 is 10.6 Å². The average Bonchev–Trinajstić information content (AvgIpc) is 3.40. The number of nitrogens with one attached hydrogen (secondary N) is 2. The minimum atomic E-state index is 0.186. The molecule has 2 aromatic heterocycles. The van der Waals surface area contributed by atoms with Gasteiger partial charge in [0.15, 0.2) is 5.96 Å². The number of aliphatic imine (C=N–C) groups is 1. The van der Waals surface area contributed by atoms with Crippen molar-refractivity contribution in [2.24, 2.45) is 4.99 Å². The Morgan fingerprint density at radius 2 is 2.25 bits per heavy atom. The van der Waals surface area contributed by atoms with E-state index in [4.69, 9.17) is 9.15 Å². The normalized spacial score (nSPS) is 14.0. The summed E-state index contributed by atoms with van der Waals surface area (Å²) in [6.07, 6.45) is 3.94. The number of amides is 1. The van der Waals surface area contributed by atoms with Crippen LogP contribution in [0.3, 0.4) is 0 Å². The van der Waals surface area contributed by atoms with E-state index in [0.717, 1.165) is 38.2 Å². The molecule has 0 spiro atoms. The second-order valence-corrected chi connectivity index (χ2v) is 7.60. The standard InChI is InChI=1S/C20H28N4O3S/c1-21-20(22-8-3-11-26-15-17-4-2-12-27-17)23-9-5-19(25)24-10-6-18-16(14-24)7-13-28-18/h2,4,7,12-13H,3,5-6,8-11,14-15H2,1H3,(H2,21,22,23). The molecule has 28 heavy (non-hydrogen) atoms. The van der Waals surface area contributed by atoms with Gasteiger partial charge in [0.1, 0.15) is 12.4 Å². The van der Waals surface area contributed by atoms with Crippen LogP contribution in [0.1, 0.15) is 29.0 Å². The number of nitrogens with zero attached hydrogens (tertiary/aromatic N) is 2. The molecule has 1 aliphatic heterocycles. The lowest BCUT2D eigenvalue weighted by Gasteiger charge is -2.27. The minimum absolute atomic E-state index is 0.186. The van der Waals surface area contributed by atoms with E-state index in [-0.39, 0.29) is 5.91 Å². The van der Waals surface area contributed by atoms with Crippen molar-refractivity contribution in [2.75, 3.05) is 33.3 Å².